The van der Waals surface area contributed by atoms with Gasteiger partial charge in [0, 0.05) is 49.3 Å². The van der Waals surface area contributed by atoms with Crippen molar-refractivity contribution in [2.45, 2.75) is 0 Å². The molecule has 13 aromatic rings. The molecule has 0 aliphatic rings. The molecule has 13 rings (SSSR count). The van der Waals surface area contributed by atoms with Crippen molar-refractivity contribution < 1.29 is 4.42 Å². The van der Waals surface area contributed by atoms with Crippen LogP contribution < -0.4 is 0 Å². The van der Waals surface area contributed by atoms with Gasteiger partial charge in [0.25, 0.3) is 0 Å². The van der Waals surface area contributed by atoms with Crippen LogP contribution in [-0.4, -0.2) is 19.5 Å². The zero-order valence-corrected chi connectivity index (χ0v) is 33.3. The monoisotopic (exact) mass is 790 g/mol. The quantitative estimate of drug-likeness (QED) is 0.174. The minimum absolute atomic E-state index is 0.586. The van der Waals surface area contributed by atoms with E-state index >= 15 is 0 Å². The lowest BCUT2D eigenvalue weighted by Gasteiger charge is -2.12. The minimum Gasteiger partial charge on any atom is -0.456 e. The molecule has 3 heterocycles. The summed E-state index contributed by atoms with van der Waals surface area (Å²) in [6.07, 6.45) is 0. The van der Waals surface area contributed by atoms with Crippen LogP contribution in [0.15, 0.2) is 211 Å². The van der Waals surface area contributed by atoms with Crippen LogP contribution in [0.25, 0.3) is 127 Å². The van der Waals surface area contributed by atoms with E-state index in [1.165, 1.54) is 43.4 Å². The fourth-order valence-electron chi connectivity index (χ4n) is 9.46. The largest absolute Gasteiger partial charge is 0.456 e. The highest BCUT2D eigenvalue weighted by atomic mass is 16.3. The average molecular weight is 791 g/mol. The third kappa shape index (κ3) is 5.38. The third-order valence-electron chi connectivity index (χ3n) is 12.4. The first kappa shape index (κ1) is 34.5. The Bertz CT molecular complexity index is 3910. The molecule has 288 valence electrons. The smallest absolute Gasteiger partial charge is 0.164 e. The Morgan fingerprint density at radius 3 is 1.71 bits per heavy atom. The van der Waals surface area contributed by atoms with Gasteiger partial charge in [-0.25, -0.2) is 15.0 Å². The predicted molar refractivity (Wildman–Crippen MR) is 256 cm³/mol. The maximum atomic E-state index is 6.71. The molecule has 5 nitrogen and oxygen atoms in total. The second-order valence-corrected chi connectivity index (χ2v) is 16.0. The van der Waals surface area contributed by atoms with Crippen molar-refractivity contribution in [1.29, 1.82) is 0 Å². The van der Waals surface area contributed by atoms with Gasteiger partial charge in [-0.15, -0.1) is 0 Å². The van der Waals surface area contributed by atoms with E-state index in [0.717, 1.165) is 66.2 Å². The van der Waals surface area contributed by atoms with Crippen LogP contribution in [0.3, 0.4) is 0 Å². The van der Waals surface area contributed by atoms with Crippen molar-refractivity contribution in [3.8, 4) is 51.0 Å². The molecule has 0 aliphatic carbocycles. The SMILES string of the molecule is c1ccc(-c2ccc(-c3nc(-c4ccccc4)nc(-c4cccc5oc6ccc7ccc(-n8c9cc%10ccccc%10cc9c9ccc%10ccccc%10c98)cc7c6c45)n3)cc2)cc1. The maximum absolute atomic E-state index is 6.71. The number of nitrogens with zero attached hydrogens (tertiary/aromatic N) is 4. The molecule has 0 aliphatic heterocycles. The molecule has 0 saturated carbocycles. The highest BCUT2D eigenvalue weighted by molar-refractivity contribution is 6.24. The van der Waals surface area contributed by atoms with Gasteiger partial charge in [0.2, 0.25) is 0 Å². The summed E-state index contributed by atoms with van der Waals surface area (Å²) in [5.41, 5.74) is 10.0. The van der Waals surface area contributed by atoms with Crippen LogP contribution in [0, 0.1) is 0 Å². The molecule has 3 aromatic heterocycles. The summed E-state index contributed by atoms with van der Waals surface area (Å²) >= 11 is 0. The summed E-state index contributed by atoms with van der Waals surface area (Å²) in [4.78, 5) is 15.5. The van der Waals surface area contributed by atoms with Crippen LogP contribution in [-0.2, 0) is 0 Å². The van der Waals surface area contributed by atoms with Gasteiger partial charge in [-0.2, -0.15) is 0 Å². The van der Waals surface area contributed by atoms with Crippen molar-refractivity contribution in [2.75, 3.05) is 0 Å². The van der Waals surface area contributed by atoms with E-state index in [4.69, 9.17) is 19.4 Å². The fraction of sp³-hybridized carbons (Fsp3) is 0. The first-order valence-electron chi connectivity index (χ1n) is 20.9. The summed E-state index contributed by atoms with van der Waals surface area (Å²) in [6, 6.07) is 72.8. The minimum atomic E-state index is 0.586. The Hall–Kier alpha value is -8.41. The van der Waals surface area contributed by atoms with E-state index < -0.39 is 0 Å². The Morgan fingerprint density at radius 1 is 0.339 bits per heavy atom. The molecular formula is C57H34N4O. The Balaban J connectivity index is 1.06. The summed E-state index contributed by atoms with van der Waals surface area (Å²) in [6.45, 7) is 0. The highest BCUT2D eigenvalue weighted by Gasteiger charge is 2.21. The van der Waals surface area contributed by atoms with Gasteiger partial charge >= 0.3 is 0 Å². The molecule has 0 spiro atoms. The van der Waals surface area contributed by atoms with Crippen LogP contribution in [0.1, 0.15) is 0 Å². The van der Waals surface area contributed by atoms with Crippen LogP contribution in [0.4, 0.5) is 0 Å². The molecule has 0 radical (unpaired) electrons. The molecular weight excluding hydrogens is 757 g/mol. The summed E-state index contributed by atoms with van der Waals surface area (Å²) in [5.74, 6) is 1.81. The third-order valence-corrected chi connectivity index (χ3v) is 12.4. The van der Waals surface area contributed by atoms with Gasteiger partial charge in [-0.3, -0.25) is 0 Å². The van der Waals surface area contributed by atoms with Gasteiger partial charge < -0.3 is 8.98 Å². The van der Waals surface area contributed by atoms with Crippen LogP contribution in [0.2, 0.25) is 0 Å². The number of aromatic nitrogens is 4. The first-order valence-corrected chi connectivity index (χ1v) is 20.9. The number of hydrogen-bond donors (Lipinski definition) is 0. The molecule has 0 atom stereocenters. The van der Waals surface area contributed by atoms with E-state index in [2.05, 4.69) is 162 Å². The van der Waals surface area contributed by atoms with Gasteiger partial charge in [0.05, 0.1) is 11.0 Å². The topological polar surface area (TPSA) is 56.7 Å². The van der Waals surface area contributed by atoms with Gasteiger partial charge in [0.15, 0.2) is 17.5 Å². The molecule has 10 aromatic carbocycles. The summed E-state index contributed by atoms with van der Waals surface area (Å²) < 4.78 is 9.16. The zero-order chi connectivity index (χ0) is 40.7. The lowest BCUT2D eigenvalue weighted by atomic mass is 9.99. The predicted octanol–water partition coefficient (Wildman–Crippen LogP) is 15.0. The van der Waals surface area contributed by atoms with Gasteiger partial charge in [-0.1, -0.05) is 170 Å². The molecule has 0 unspecified atom stereocenters. The highest BCUT2D eigenvalue weighted by Crippen LogP contribution is 2.43. The standard InChI is InChI=1S/C57H34N4O/c1-3-12-35(13-4-1)36-22-24-40(25-23-36)56-58-55(39-15-5-2-6-16-39)59-57(60-56)46-20-11-21-50-52(46)53-47-34-43(29-26-38(47)28-31-51(53)62-50)61-49-33-42-18-8-7-17-41(42)32-48(49)45-30-27-37-14-9-10-19-44(37)54(45)61/h1-34H. The molecule has 0 bridgehead atoms. The van der Waals surface area contributed by atoms with Gasteiger partial charge in [0.1, 0.15) is 11.2 Å². The maximum Gasteiger partial charge on any atom is 0.164 e. The lowest BCUT2D eigenvalue weighted by molar-refractivity contribution is 0.669. The number of hydrogen-bond acceptors (Lipinski definition) is 4. The number of rotatable bonds is 5. The van der Waals surface area contributed by atoms with Crippen molar-refractivity contribution in [3.05, 3.63) is 206 Å². The van der Waals surface area contributed by atoms with Crippen molar-refractivity contribution in [1.82, 2.24) is 19.5 Å². The molecule has 0 N–H and O–H groups in total. The van der Waals surface area contributed by atoms with Crippen LogP contribution >= 0.6 is 0 Å². The second-order valence-electron chi connectivity index (χ2n) is 16.0. The Kier molecular flexibility index (Phi) is 7.54. The molecule has 0 saturated heterocycles. The van der Waals surface area contributed by atoms with E-state index in [0.29, 0.717) is 17.5 Å². The fourth-order valence-corrected chi connectivity index (χ4v) is 9.46. The summed E-state index contributed by atoms with van der Waals surface area (Å²) in [5, 5.41) is 11.5. The number of benzene rings is 10. The molecule has 0 fully saturated rings. The number of furan rings is 1. The lowest BCUT2D eigenvalue weighted by Crippen LogP contribution is -2.00. The molecule has 62 heavy (non-hydrogen) atoms. The molecule has 0 amide bonds. The van der Waals surface area contributed by atoms with E-state index in [9.17, 15) is 0 Å². The van der Waals surface area contributed by atoms with E-state index in [1.54, 1.807) is 0 Å². The average Bonchev–Trinajstić information content (AvgIpc) is 3.90. The van der Waals surface area contributed by atoms with Gasteiger partial charge in [-0.05, 0) is 74.5 Å². The Labute approximate surface area is 355 Å². The Morgan fingerprint density at radius 2 is 0.919 bits per heavy atom. The first-order chi connectivity index (χ1) is 30.7. The second kappa shape index (κ2) is 13.6. The zero-order valence-electron chi connectivity index (χ0n) is 33.3. The van der Waals surface area contributed by atoms with Crippen LogP contribution in [0.5, 0.6) is 0 Å². The van der Waals surface area contributed by atoms with E-state index in [-0.39, 0.29) is 0 Å². The van der Waals surface area contributed by atoms with Crippen molar-refractivity contribution >= 4 is 76.1 Å². The van der Waals surface area contributed by atoms with Crippen molar-refractivity contribution in [2.24, 2.45) is 0 Å². The van der Waals surface area contributed by atoms with Crippen molar-refractivity contribution in [3.63, 3.8) is 0 Å². The molecule has 5 heteroatoms. The summed E-state index contributed by atoms with van der Waals surface area (Å²) in [7, 11) is 0. The van der Waals surface area contributed by atoms with E-state index in [1.807, 2.05) is 48.5 Å². The normalized spacial score (nSPS) is 11.9. The number of fused-ring (bicyclic) bond motifs is 11.